The fraction of sp³-hybridized carbons (Fsp3) is 0.0238. The molecule has 2 aliphatic rings. The predicted octanol–water partition coefficient (Wildman–Crippen LogP) is 26.0. The first kappa shape index (κ1) is 69.1. The topological polar surface area (TPSA) is 85.1 Å². The zero-order chi connectivity index (χ0) is 70.2. The number of benzene rings is 12. The number of halogens is 10. The Kier molecular flexibility index (Phi) is 20.1. The molecule has 18 heteroatoms. The van der Waals surface area contributed by atoms with E-state index >= 15 is 0 Å². The summed E-state index contributed by atoms with van der Waals surface area (Å²) in [5.41, 5.74) is 15.7. The largest absolute Gasteiger partial charge is 0.275 e. The molecule has 102 heavy (non-hydrogen) atoms. The van der Waals surface area contributed by atoms with Crippen molar-refractivity contribution in [1.29, 1.82) is 0 Å². The smallest absolute Gasteiger partial charge is 0.264 e. The highest BCUT2D eigenvalue weighted by molar-refractivity contribution is 9.11. The van der Waals surface area contributed by atoms with Crippen molar-refractivity contribution in [3.05, 3.63) is 385 Å². The summed E-state index contributed by atoms with van der Waals surface area (Å²) >= 11 is 56.8. The van der Waals surface area contributed by atoms with Gasteiger partial charge in [0.15, 0.2) is 0 Å². The number of hydrogen-bond acceptors (Lipinski definition) is 6. The van der Waals surface area contributed by atoms with Crippen LogP contribution in [-0.4, -0.2) is 41.9 Å². The molecule has 0 saturated carbocycles. The fourth-order valence-corrected chi connectivity index (χ4v) is 17.5. The van der Waals surface area contributed by atoms with Gasteiger partial charge in [-0.05, 0) is 70.5 Å². The normalized spacial score (nSPS) is 13.6. The third kappa shape index (κ3) is 13.3. The molecule has 2 aromatic heterocycles. The van der Waals surface area contributed by atoms with Gasteiger partial charge in [-0.25, -0.2) is 29.9 Å². The second-order valence-electron chi connectivity index (χ2n) is 23.7. The summed E-state index contributed by atoms with van der Waals surface area (Å²) < 4.78 is 7.81. The Morgan fingerprint density at radius 2 is 0.588 bits per heavy atom. The molecular formula is C84H50Br4Cl6N8. The van der Waals surface area contributed by atoms with E-state index in [1.165, 1.54) is 0 Å². The number of aromatic nitrogens is 4. The third-order valence-corrected chi connectivity index (χ3v) is 21.2. The summed E-state index contributed by atoms with van der Waals surface area (Å²) in [5.74, 6) is -1.97. The highest BCUT2D eigenvalue weighted by atomic mass is 79.9. The first-order chi connectivity index (χ1) is 49.7. The van der Waals surface area contributed by atoms with Crippen molar-refractivity contribution >= 4 is 156 Å². The van der Waals surface area contributed by atoms with Crippen LogP contribution in [-0.2, 0) is 11.6 Å². The lowest BCUT2D eigenvalue weighted by atomic mass is 10.0. The second-order valence-corrected chi connectivity index (χ2v) is 29.8. The van der Waals surface area contributed by atoms with E-state index < -0.39 is 11.6 Å². The number of hydrogen-bond donors (Lipinski definition) is 0. The van der Waals surface area contributed by atoms with E-state index in [0.717, 1.165) is 96.3 Å². The minimum absolute atomic E-state index is 0.250. The monoisotopic (exact) mass is 1700 g/mol. The van der Waals surface area contributed by atoms with E-state index in [0.29, 0.717) is 55.6 Å². The molecule has 0 fully saturated rings. The zero-order valence-corrected chi connectivity index (χ0v) is 64.1. The summed E-state index contributed by atoms with van der Waals surface area (Å²) in [6, 6.07) is 99.7. The average molecular weight is 1700 g/mol. The molecule has 0 atom stereocenters. The SMILES string of the molecule is Brc1ccc(-c2nc(-c3ccccc3)c(-c3ccccc3)n2C2(c3ccc(Br)cc3Br)N=C(c3ccccc3)C(c3ccccc3)=N2)c(Br)c1.Clc1cc(Cl)c(-c2nc(-c3ccccc3)c(-c3ccccc3)n2C2(c3c(Cl)cc(Cl)cc3Cl)N=C(c3ccccc3)C(c3ccccc3)=N2)c(Cl)c1. The Morgan fingerprint density at radius 3 is 0.951 bits per heavy atom. The molecule has 0 radical (unpaired) electrons. The predicted molar refractivity (Wildman–Crippen MR) is 437 cm³/mol. The van der Waals surface area contributed by atoms with Gasteiger partial charge in [-0.2, -0.15) is 0 Å². The van der Waals surface area contributed by atoms with Gasteiger partial charge in [-0.3, -0.25) is 9.13 Å². The van der Waals surface area contributed by atoms with Crippen LogP contribution in [0.3, 0.4) is 0 Å². The summed E-state index contributed by atoms with van der Waals surface area (Å²) in [6.45, 7) is 0. The van der Waals surface area contributed by atoms with Crippen molar-refractivity contribution < 1.29 is 0 Å². The molecule has 4 heterocycles. The van der Waals surface area contributed by atoms with E-state index in [2.05, 4.69) is 147 Å². The molecule has 0 aliphatic carbocycles. The molecule has 0 saturated heterocycles. The molecule has 0 N–H and O–H groups in total. The zero-order valence-electron chi connectivity index (χ0n) is 53.2. The van der Waals surface area contributed by atoms with Gasteiger partial charge in [0, 0.05) is 83.6 Å². The van der Waals surface area contributed by atoms with Crippen LogP contribution in [0.1, 0.15) is 33.4 Å². The minimum atomic E-state index is -1.72. The van der Waals surface area contributed by atoms with Crippen molar-refractivity contribution in [3.63, 3.8) is 0 Å². The first-order valence-electron chi connectivity index (χ1n) is 32.0. The Balaban J connectivity index is 0.000000165. The molecule has 12 aromatic carbocycles. The molecule has 2 aliphatic heterocycles. The van der Waals surface area contributed by atoms with Gasteiger partial charge in [-0.15, -0.1) is 0 Å². The Hall–Kier alpha value is -8.60. The van der Waals surface area contributed by atoms with Gasteiger partial charge >= 0.3 is 0 Å². The molecular weight excluding hydrogens is 1650 g/mol. The van der Waals surface area contributed by atoms with Gasteiger partial charge in [0.2, 0.25) is 0 Å². The average Bonchev–Trinajstić information content (AvgIpc) is 1.54. The van der Waals surface area contributed by atoms with Crippen LogP contribution in [0, 0.1) is 0 Å². The van der Waals surface area contributed by atoms with Gasteiger partial charge in [0.25, 0.3) is 11.6 Å². The van der Waals surface area contributed by atoms with Crippen LogP contribution in [0.5, 0.6) is 0 Å². The van der Waals surface area contributed by atoms with Gasteiger partial charge < -0.3 is 0 Å². The van der Waals surface area contributed by atoms with Gasteiger partial charge in [0.1, 0.15) is 11.6 Å². The summed E-state index contributed by atoms with van der Waals surface area (Å²) in [7, 11) is 0. The minimum Gasteiger partial charge on any atom is -0.275 e. The maximum atomic E-state index is 7.23. The molecule has 16 rings (SSSR count). The lowest BCUT2D eigenvalue weighted by Gasteiger charge is -2.31. The van der Waals surface area contributed by atoms with E-state index in [-0.39, 0.29) is 20.1 Å². The number of nitrogens with zero attached hydrogens (tertiary/aromatic N) is 8. The quantitative estimate of drug-likeness (QED) is 0.109. The maximum absolute atomic E-state index is 7.23. The Bertz CT molecular complexity index is 5470. The van der Waals surface area contributed by atoms with Crippen molar-refractivity contribution in [2.24, 2.45) is 20.0 Å². The molecule has 0 spiro atoms. The number of rotatable bonds is 14. The lowest BCUT2D eigenvalue weighted by Crippen LogP contribution is -2.32. The molecule has 8 nitrogen and oxygen atoms in total. The summed E-state index contributed by atoms with van der Waals surface area (Å²) in [4.78, 5) is 33.7. The van der Waals surface area contributed by atoms with Crippen molar-refractivity contribution in [2.75, 3.05) is 0 Å². The van der Waals surface area contributed by atoms with E-state index in [1.807, 2.05) is 205 Å². The van der Waals surface area contributed by atoms with Crippen LogP contribution in [0.4, 0.5) is 0 Å². The van der Waals surface area contributed by atoms with Crippen molar-refractivity contribution in [3.8, 4) is 67.8 Å². The standard InChI is InChI=1S/C42H26Br4N4.C42H24Cl6N4/c43-31-21-23-33(35(45)25-31)41-47-39(29-17-9-3-10-18-29)40(30-19-11-4-12-20-30)50(41)42(34-24-22-32(44)26-36(34)46)48-37(27-13-5-1-6-14-27)38(49-42)28-15-7-2-8-16-28;43-29-21-31(45)35(32(46)22-29)41-49-39(27-17-9-3-10-18-27)40(28-19-11-4-12-20-28)52(41)42(36-33(47)23-30(44)24-34(36)48)50-37(25-13-5-1-6-14-25)38(51-42)26-15-7-2-8-16-26/h1-26H;1-24H. The van der Waals surface area contributed by atoms with Crippen LogP contribution >= 0.6 is 133 Å². The maximum Gasteiger partial charge on any atom is 0.264 e. The summed E-state index contributed by atoms with van der Waals surface area (Å²) in [6.07, 6.45) is 0. The molecule has 0 unspecified atom stereocenters. The molecule has 14 aromatic rings. The lowest BCUT2D eigenvalue weighted by molar-refractivity contribution is 0.407. The molecule has 496 valence electrons. The van der Waals surface area contributed by atoms with E-state index in [1.54, 1.807) is 24.3 Å². The van der Waals surface area contributed by atoms with Crippen LogP contribution in [0.25, 0.3) is 67.8 Å². The highest BCUT2D eigenvalue weighted by Gasteiger charge is 2.49. The number of imidazole rings is 2. The second kappa shape index (κ2) is 29.6. The van der Waals surface area contributed by atoms with Gasteiger partial charge in [-0.1, -0.05) is 366 Å². The van der Waals surface area contributed by atoms with Crippen LogP contribution in [0.15, 0.2) is 341 Å². The third-order valence-electron chi connectivity index (χ3n) is 17.3. The summed E-state index contributed by atoms with van der Waals surface area (Å²) in [5, 5.41) is 1.79. The fourth-order valence-electron chi connectivity index (χ4n) is 12.9. The molecule has 0 bridgehead atoms. The Labute approximate surface area is 653 Å². The van der Waals surface area contributed by atoms with Crippen molar-refractivity contribution in [2.45, 2.75) is 11.6 Å². The van der Waals surface area contributed by atoms with E-state index in [9.17, 15) is 0 Å². The highest BCUT2D eigenvalue weighted by Crippen LogP contribution is 2.54. The van der Waals surface area contributed by atoms with Gasteiger partial charge in [0.05, 0.1) is 76.8 Å². The molecule has 0 amide bonds. The Morgan fingerprint density at radius 1 is 0.284 bits per heavy atom. The van der Waals surface area contributed by atoms with Crippen LogP contribution < -0.4 is 0 Å². The van der Waals surface area contributed by atoms with Crippen LogP contribution in [0.2, 0.25) is 30.1 Å². The van der Waals surface area contributed by atoms with E-state index in [4.69, 9.17) is 99.5 Å². The number of aliphatic imine (C=N–C) groups is 4. The first-order valence-corrected chi connectivity index (χ1v) is 37.4. The van der Waals surface area contributed by atoms with Crippen molar-refractivity contribution in [1.82, 2.24) is 19.1 Å².